The first kappa shape index (κ1) is 85.6. The van der Waals surface area contributed by atoms with E-state index in [1.54, 1.807) is 0 Å². The van der Waals surface area contributed by atoms with E-state index >= 15 is 0 Å². The van der Waals surface area contributed by atoms with Crippen LogP contribution in [-0.2, 0) is 14.3 Å². The summed E-state index contributed by atoms with van der Waals surface area (Å²) in [5, 5.41) is 23.4. The van der Waals surface area contributed by atoms with Crippen molar-refractivity contribution in [2.75, 3.05) is 13.2 Å². The maximum absolute atomic E-state index is 12.6. The van der Waals surface area contributed by atoms with Gasteiger partial charge in [0.15, 0.2) is 0 Å². The number of hydrogen-bond acceptors (Lipinski definition) is 5. The Hall–Kier alpha value is -1.40. The quantitative estimate of drug-likeness (QED) is 0.0320. The molecule has 1 amide bonds. The normalized spacial score (nSPS) is 12.5. The molecule has 0 aromatic heterocycles. The third kappa shape index (κ3) is 73.5. The van der Waals surface area contributed by atoms with Crippen molar-refractivity contribution in [1.29, 1.82) is 0 Å². The highest BCUT2D eigenvalue weighted by atomic mass is 16.5. The first-order chi connectivity index (χ1) is 43.0. The van der Waals surface area contributed by atoms with E-state index in [0.29, 0.717) is 25.9 Å². The molecule has 2 atom stereocenters. The van der Waals surface area contributed by atoms with Crippen molar-refractivity contribution in [3.05, 3.63) is 12.2 Å². The molecule has 0 saturated carbocycles. The lowest BCUT2D eigenvalue weighted by Crippen LogP contribution is -2.45. The van der Waals surface area contributed by atoms with Crippen molar-refractivity contribution in [2.24, 2.45) is 0 Å². The molecule has 0 aliphatic rings. The van der Waals surface area contributed by atoms with Crippen molar-refractivity contribution >= 4 is 11.9 Å². The van der Waals surface area contributed by atoms with Gasteiger partial charge in [-0.2, -0.15) is 0 Å². The fourth-order valence-corrected chi connectivity index (χ4v) is 13.2. The standard InChI is InChI=1S/C81H159NO5/c1-3-5-7-9-11-13-15-17-18-19-43-46-50-53-57-61-65-69-73-79(84)78(77-83)82-80(85)74-70-66-62-58-54-51-47-44-41-39-37-35-33-31-29-27-25-23-21-20-22-24-26-28-30-32-34-36-38-40-42-45-48-52-56-60-64-68-72-76-87-81(86)75-71-67-63-59-55-49-16-14-12-10-8-6-4-2/h14,16,78-79,83-84H,3-13,15,17-77H2,1-2H3,(H,82,85)/b16-14-. The summed E-state index contributed by atoms with van der Waals surface area (Å²) in [4.78, 5) is 24.6. The number of carbonyl (C=O) groups is 2. The summed E-state index contributed by atoms with van der Waals surface area (Å²) in [6.45, 7) is 4.99. The van der Waals surface area contributed by atoms with Gasteiger partial charge in [-0.3, -0.25) is 9.59 Å². The van der Waals surface area contributed by atoms with Crippen molar-refractivity contribution in [2.45, 2.75) is 482 Å². The maximum Gasteiger partial charge on any atom is 0.305 e. The monoisotopic (exact) mass is 1230 g/mol. The second-order valence-corrected chi connectivity index (χ2v) is 28.1. The van der Waals surface area contributed by atoms with Crippen LogP contribution in [0.2, 0.25) is 0 Å². The van der Waals surface area contributed by atoms with Crippen LogP contribution in [0.4, 0.5) is 0 Å². The first-order valence-electron chi connectivity index (χ1n) is 40.4. The molecule has 518 valence electrons. The van der Waals surface area contributed by atoms with Crippen LogP contribution in [0.1, 0.15) is 470 Å². The average molecular weight is 1230 g/mol. The zero-order valence-corrected chi connectivity index (χ0v) is 59.5. The molecule has 3 N–H and O–H groups in total. The minimum Gasteiger partial charge on any atom is -0.466 e. The SMILES string of the molecule is CCCCCC/C=C\CCCCCCCC(=O)OCCCCCCCCCCCCCCCCCCCCCCCCCCCCCCCCCCCCCCCCCC(=O)NC(CO)C(O)CCCCCCCCCCCCCCCCCCCC. The van der Waals surface area contributed by atoms with Crippen LogP contribution in [-0.4, -0.2) is 47.4 Å². The van der Waals surface area contributed by atoms with Gasteiger partial charge in [-0.25, -0.2) is 0 Å². The summed E-state index contributed by atoms with van der Waals surface area (Å²) in [6, 6.07) is -0.536. The Labute approximate surface area is 546 Å². The van der Waals surface area contributed by atoms with Gasteiger partial charge in [0.25, 0.3) is 0 Å². The number of esters is 1. The van der Waals surface area contributed by atoms with E-state index in [1.807, 2.05) is 0 Å². The Balaban J connectivity index is 3.29. The van der Waals surface area contributed by atoms with Crippen LogP contribution in [0.5, 0.6) is 0 Å². The second kappa shape index (κ2) is 77.1. The summed E-state index contributed by atoms with van der Waals surface area (Å²) in [5.74, 6) is -0.00802. The lowest BCUT2D eigenvalue weighted by molar-refractivity contribution is -0.143. The highest BCUT2D eigenvalue weighted by molar-refractivity contribution is 5.76. The van der Waals surface area contributed by atoms with E-state index < -0.39 is 12.1 Å². The first-order valence-corrected chi connectivity index (χ1v) is 40.4. The topological polar surface area (TPSA) is 95.9 Å². The van der Waals surface area contributed by atoms with Gasteiger partial charge in [0.1, 0.15) is 0 Å². The van der Waals surface area contributed by atoms with E-state index in [0.717, 1.165) is 44.9 Å². The molecule has 0 bridgehead atoms. The van der Waals surface area contributed by atoms with E-state index in [-0.39, 0.29) is 18.5 Å². The van der Waals surface area contributed by atoms with Gasteiger partial charge in [0.05, 0.1) is 25.4 Å². The predicted octanol–water partition coefficient (Wildman–Crippen LogP) is 26.7. The molecule has 0 aromatic rings. The molecular formula is C81H159NO5. The van der Waals surface area contributed by atoms with Crippen molar-refractivity contribution < 1.29 is 24.5 Å². The second-order valence-electron chi connectivity index (χ2n) is 28.1. The predicted molar refractivity (Wildman–Crippen MR) is 384 cm³/mol. The zero-order chi connectivity index (χ0) is 62.8. The minimum atomic E-state index is -0.660. The highest BCUT2D eigenvalue weighted by Crippen LogP contribution is 2.21. The molecule has 0 radical (unpaired) electrons. The van der Waals surface area contributed by atoms with E-state index in [4.69, 9.17) is 4.74 Å². The van der Waals surface area contributed by atoms with Crippen LogP contribution in [0.15, 0.2) is 12.2 Å². The number of ether oxygens (including phenoxy) is 1. The molecule has 0 aliphatic carbocycles. The number of hydrogen-bond donors (Lipinski definition) is 3. The van der Waals surface area contributed by atoms with Gasteiger partial charge in [-0.05, 0) is 51.4 Å². The fourth-order valence-electron chi connectivity index (χ4n) is 13.2. The summed E-state index contributed by atoms with van der Waals surface area (Å²) < 4.78 is 5.49. The molecule has 0 spiro atoms. The molecule has 0 fully saturated rings. The lowest BCUT2D eigenvalue weighted by atomic mass is 10.0. The van der Waals surface area contributed by atoms with Crippen molar-refractivity contribution in [1.82, 2.24) is 5.32 Å². The Bertz CT molecular complexity index is 1320. The van der Waals surface area contributed by atoms with Gasteiger partial charge >= 0.3 is 5.97 Å². The van der Waals surface area contributed by atoms with Crippen LogP contribution in [0, 0.1) is 0 Å². The number of aliphatic hydroxyl groups excluding tert-OH is 2. The fraction of sp³-hybridized carbons (Fsp3) is 0.951. The van der Waals surface area contributed by atoms with Crippen LogP contribution in [0.25, 0.3) is 0 Å². The Morgan fingerprint density at radius 3 is 0.828 bits per heavy atom. The number of allylic oxidation sites excluding steroid dienone is 2. The van der Waals surface area contributed by atoms with Crippen molar-refractivity contribution in [3.63, 3.8) is 0 Å². The van der Waals surface area contributed by atoms with E-state index in [9.17, 15) is 19.8 Å². The number of unbranched alkanes of at least 4 members (excludes halogenated alkanes) is 64. The molecule has 0 rings (SSSR count). The molecule has 0 saturated heterocycles. The smallest absolute Gasteiger partial charge is 0.305 e. The largest absolute Gasteiger partial charge is 0.466 e. The molecule has 0 heterocycles. The summed E-state index contributed by atoms with van der Waals surface area (Å²) in [5.41, 5.74) is 0. The van der Waals surface area contributed by atoms with Gasteiger partial charge in [0, 0.05) is 12.8 Å². The van der Waals surface area contributed by atoms with Gasteiger partial charge in [-0.15, -0.1) is 0 Å². The number of aliphatic hydroxyl groups is 2. The summed E-state index contributed by atoms with van der Waals surface area (Å²) in [6.07, 6.45) is 97.5. The molecule has 0 aliphatic heterocycles. The number of amides is 1. The molecular weight excluding hydrogens is 1070 g/mol. The Morgan fingerprint density at radius 2 is 0.540 bits per heavy atom. The lowest BCUT2D eigenvalue weighted by Gasteiger charge is -2.22. The average Bonchev–Trinajstić information content (AvgIpc) is 3.55. The zero-order valence-electron chi connectivity index (χ0n) is 59.5. The van der Waals surface area contributed by atoms with Gasteiger partial charge in [0.2, 0.25) is 5.91 Å². The van der Waals surface area contributed by atoms with Gasteiger partial charge < -0.3 is 20.3 Å². The summed E-state index contributed by atoms with van der Waals surface area (Å²) >= 11 is 0. The van der Waals surface area contributed by atoms with Gasteiger partial charge in [-0.1, -0.05) is 418 Å². The molecule has 0 aromatic carbocycles. The molecule has 6 nitrogen and oxygen atoms in total. The Kier molecular flexibility index (Phi) is 75.8. The number of carbonyl (C=O) groups excluding carboxylic acids is 2. The maximum atomic E-state index is 12.6. The minimum absolute atomic E-state index is 0.0158. The Morgan fingerprint density at radius 1 is 0.310 bits per heavy atom. The van der Waals surface area contributed by atoms with Crippen LogP contribution >= 0.6 is 0 Å². The number of rotatable bonds is 77. The highest BCUT2D eigenvalue weighted by Gasteiger charge is 2.20. The van der Waals surface area contributed by atoms with Crippen molar-refractivity contribution in [3.8, 4) is 0 Å². The van der Waals surface area contributed by atoms with E-state index in [2.05, 4.69) is 31.3 Å². The molecule has 2 unspecified atom stereocenters. The van der Waals surface area contributed by atoms with Crippen LogP contribution in [0.3, 0.4) is 0 Å². The molecule has 6 heteroatoms. The number of nitrogens with one attached hydrogen (secondary N) is 1. The molecule has 87 heavy (non-hydrogen) atoms. The summed E-state index contributed by atoms with van der Waals surface area (Å²) in [7, 11) is 0. The van der Waals surface area contributed by atoms with Crippen LogP contribution < -0.4 is 5.32 Å². The van der Waals surface area contributed by atoms with E-state index in [1.165, 1.54) is 392 Å². The third-order valence-corrected chi connectivity index (χ3v) is 19.3. The third-order valence-electron chi connectivity index (χ3n) is 19.3.